The van der Waals surface area contributed by atoms with Crippen LogP contribution in [0.25, 0.3) is 0 Å². The summed E-state index contributed by atoms with van der Waals surface area (Å²) in [6, 6.07) is 22.0. The fourth-order valence-electron chi connectivity index (χ4n) is 4.90. The van der Waals surface area contributed by atoms with Crippen molar-refractivity contribution in [2.75, 3.05) is 60.3 Å². The van der Waals surface area contributed by atoms with E-state index >= 15 is 0 Å². The van der Waals surface area contributed by atoms with E-state index in [0.717, 1.165) is 11.1 Å². The van der Waals surface area contributed by atoms with E-state index in [1.807, 2.05) is 42.5 Å². The third-order valence-electron chi connectivity index (χ3n) is 7.40. The van der Waals surface area contributed by atoms with Gasteiger partial charge in [-0.25, -0.2) is 8.42 Å². The minimum absolute atomic E-state index is 0.136. The fraction of sp³-hybridized carbons (Fsp3) is 0.394. The van der Waals surface area contributed by atoms with Crippen LogP contribution < -0.4 is 14.8 Å². The van der Waals surface area contributed by atoms with Crippen LogP contribution >= 0.6 is 0 Å². The molecule has 45 heavy (non-hydrogen) atoms. The Morgan fingerprint density at radius 1 is 0.911 bits per heavy atom. The number of sulfonamides is 1. The number of carbonyl (C=O) groups excluding carboxylic acids is 2. The molecule has 4 rings (SSSR count). The number of rotatable bonds is 16. The van der Waals surface area contributed by atoms with Gasteiger partial charge >= 0.3 is 0 Å². The smallest absolute Gasteiger partial charge is 0.261 e. The molecule has 0 aliphatic carbocycles. The lowest BCUT2D eigenvalue weighted by Crippen LogP contribution is -2.51. The molecule has 0 saturated carbocycles. The van der Waals surface area contributed by atoms with E-state index in [1.54, 1.807) is 26.4 Å². The largest absolute Gasteiger partial charge is 0.497 e. The van der Waals surface area contributed by atoms with E-state index in [-0.39, 0.29) is 24.0 Å². The number of methoxy groups -OCH3 is 2. The Bertz CT molecular complexity index is 1460. The Morgan fingerprint density at radius 2 is 1.58 bits per heavy atom. The third-order valence-corrected chi connectivity index (χ3v) is 9.31. The average molecular weight is 640 g/mol. The zero-order valence-corrected chi connectivity index (χ0v) is 26.5. The van der Waals surface area contributed by atoms with Crippen molar-refractivity contribution in [1.82, 2.24) is 14.5 Å². The van der Waals surface area contributed by atoms with Gasteiger partial charge in [0.2, 0.25) is 15.9 Å². The lowest BCUT2D eigenvalue weighted by Gasteiger charge is -2.31. The zero-order chi connectivity index (χ0) is 32.1. The summed E-state index contributed by atoms with van der Waals surface area (Å²) in [5.41, 5.74) is 1.71. The SMILES string of the molecule is COCCCNC(=O)[C@H](Cc1ccccc1)N(Cc1ccc(OC)cc1)C(=O)COc1ccc(S(=O)(=O)N2CCOCC2)cc1. The first kappa shape index (κ1) is 33.9. The van der Waals surface area contributed by atoms with Crippen LogP contribution in [0.3, 0.4) is 0 Å². The van der Waals surface area contributed by atoms with Crippen LogP contribution in [0.15, 0.2) is 83.8 Å². The number of nitrogens with one attached hydrogen (secondary N) is 1. The molecule has 0 aromatic heterocycles. The molecule has 11 nitrogen and oxygen atoms in total. The highest BCUT2D eigenvalue weighted by atomic mass is 32.2. The summed E-state index contributed by atoms with van der Waals surface area (Å²) in [4.78, 5) is 29.1. The maximum absolute atomic E-state index is 13.9. The van der Waals surface area contributed by atoms with Crippen LogP contribution in [-0.2, 0) is 42.1 Å². The van der Waals surface area contributed by atoms with Crippen LogP contribution in [-0.4, -0.2) is 95.8 Å². The van der Waals surface area contributed by atoms with Gasteiger partial charge in [-0.2, -0.15) is 4.31 Å². The second-order valence-electron chi connectivity index (χ2n) is 10.5. The van der Waals surface area contributed by atoms with Crippen LogP contribution in [0.4, 0.5) is 0 Å². The molecule has 1 fully saturated rings. The van der Waals surface area contributed by atoms with E-state index in [1.165, 1.54) is 33.5 Å². The first-order valence-corrected chi connectivity index (χ1v) is 16.3. The van der Waals surface area contributed by atoms with Crippen molar-refractivity contribution in [3.8, 4) is 11.5 Å². The van der Waals surface area contributed by atoms with Gasteiger partial charge in [0.05, 0.1) is 25.2 Å². The Kier molecular flexibility index (Phi) is 12.8. The number of hydrogen-bond donors (Lipinski definition) is 1. The molecule has 242 valence electrons. The van der Waals surface area contributed by atoms with Crippen molar-refractivity contribution in [3.63, 3.8) is 0 Å². The molecule has 3 aromatic carbocycles. The van der Waals surface area contributed by atoms with E-state index in [4.69, 9.17) is 18.9 Å². The molecule has 1 aliphatic rings. The maximum atomic E-state index is 13.9. The minimum atomic E-state index is -3.66. The average Bonchev–Trinajstić information content (AvgIpc) is 3.08. The highest BCUT2D eigenvalue weighted by Gasteiger charge is 2.31. The Hall–Kier alpha value is -3.97. The number of nitrogens with zero attached hydrogens (tertiary/aromatic N) is 2. The summed E-state index contributed by atoms with van der Waals surface area (Å²) in [6.45, 7) is 2.00. The van der Waals surface area contributed by atoms with Gasteiger partial charge in [0.25, 0.3) is 5.91 Å². The van der Waals surface area contributed by atoms with E-state index in [2.05, 4.69) is 5.32 Å². The van der Waals surface area contributed by atoms with Crippen molar-refractivity contribution in [3.05, 3.63) is 90.0 Å². The van der Waals surface area contributed by atoms with Crippen molar-refractivity contribution in [1.29, 1.82) is 0 Å². The number of morpholine rings is 1. The molecule has 1 saturated heterocycles. The molecule has 12 heteroatoms. The predicted octanol–water partition coefficient (Wildman–Crippen LogP) is 2.89. The van der Waals surface area contributed by atoms with Gasteiger partial charge in [0.1, 0.15) is 17.5 Å². The van der Waals surface area contributed by atoms with Crippen LogP contribution in [0.2, 0.25) is 0 Å². The minimum Gasteiger partial charge on any atom is -0.497 e. The van der Waals surface area contributed by atoms with Crippen molar-refractivity contribution in [2.24, 2.45) is 0 Å². The van der Waals surface area contributed by atoms with E-state index in [9.17, 15) is 18.0 Å². The van der Waals surface area contributed by atoms with E-state index in [0.29, 0.717) is 63.8 Å². The summed E-state index contributed by atoms with van der Waals surface area (Å²) in [5, 5.41) is 2.96. The molecular weight excluding hydrogens is 598 g/mol. The van der Waals surface area contributed by atoms with Crippen LogP contribution in [0.5, 0.6) is 11.5 Å². The normalized spacial score (nSPS) is 14.4. The first-order chi connectivity index (χ1) is 21.8. The highest BCUT2D eigenvalue weighted by molar-refractivity contribution is 7.89. The quantitative estimate of drug-likeness (QED) is 0.238. The Balaban J connectivity index is 1.53. The number of hydrogen-bond acceptors (Lipinski definition) is 8. The molecule has 1 N–H and O–H groups in total. The second-order valence-corrected chi connectivity index (χ2v) is 12.4. The molecule has 0 bridgehead atoms. The zero-order valence-electron chi connectivity index (χ0n) is 25.7. The first-order valence-electron chi connectivity index (χ1n) is 14.9. The molecule has 0 spiro atoms. The molecule has 3 aromatic rings. The van der Waals surface area contributed by atoms with Gasteiger partial charge < -0.3 is 29.2 Å². The van der Waals surface area contributed by atoms with Gasteiger partial charge in [-0.3, -0.25) is 9.59 Å². The summed E-state index contributed by atoms with van der Waals surface area (Å²) < 4.78 is 48.9. The fourth-order valence-corrected chi connectivity index (χ4v) is 6.31. The topological polar surface area (TPSA) is 124 Å². The van der Waals surface area contributed by atoms with Crippen LogP contribution in [0, 0.1) is 0 Å². The Labute approximate surface area is 265 Å². The van der Waals surface area contributed by atoms with Crippen molar-refractivity contribution < 1.29 is 37.0 Å². The van der Waals surface area contributed by atoms with Crippen molar-refractivity contribution in [2.45, 2.75) is 30.3 Å². The number of amides is 2. The van der Waals surface area contributed by atoms with Crippen molar-refractivity contribution >= 4 is 21.8 Å². The standard InChI is InChI=1S/C33H41N3O8S/c1-41-20-6-17-34-33(38)31(23-26-7-4-3-5-8-26)36(24-27-9-11-28(42-2)12-10-27)32(37)25-44-29-13-15-30(16-14-29)45(39,40)35-18-21-43-22-19-35/h3-5,7-16,31H,6,17-25H2,1-2H3,(H,34,38)/t31-/m0/s1. The summed E-state index contributed by atoms with van der Waals surface area (Å²) in [5.74, 6) is 0.325. The molecular formula is C33H41N3O8S. The molecule has 1 heterocycles. The maximum Gasteiger partial charge on any atom is 0.261 e. The lowest BCUT2D eigenvalue weighted by atomic mass is 10.0. The summed E-state index contributed by atoms with van der Waals surface area (Å²) in [7, 11) is -0.481. The van der Waals surface area contributed by atoms with Gasteiger partial charge in [-0.1, -0.05) is 42.5 Å². The number of carbonyl (C=O) groups is 2. The van der Waals surface area contributed by atoms with Gasteiger partial charge in [-0.15, -0.1) is 0 Å². The molecule has 0 unspecified atom stereocenters. The van der Waals surface area contributed by atoms with Gasteiger partial charge in [0.15, 0.2) is 6.61 Å². The predicted molar refractivity (Wildman–Crippen MR) is 168 cm³/mol. The van der Waals surface area contributed by atoms with Gasteiger partial charge in [0, 0.05) is 46.3 Å². The third kappa shape index (κ3) is 9.76. The number of ether oxygens (including phenoxy) is 4. The summed E-state index contributed by atoms with van der Waals surface area (Å²) >= 11 is 0. The monoisotopic (exact) mass is 639 g/mol. The number of benzene rings is 3. The second kappa shape index (κ2) is 16.9. The van der Waals surface area contributed by atoms with Gasteiger partial charge in [-0.05, 0) is 53.9 Å². The van der Waals surface area contributed by atoms with Crippen LogP contribution in [0.1, 0.15) is 17.5 Å². The molecule has 0 radical (unpaired) electrons. The lowest BCUT2D eigenvalue weighted by molar-refractivity contribution is -0.142. The summed E-state index contributed by atoms with van der Waals surface area (Å²) in [6.07, 6.45) is 0.931. The Morgan fingerprint density at radius 3 is 2.22 bits per heavy atom. The molecule has 1 atom stereocenters. The van der Waals surface area contributed by atoms with E-state index < -0.39 is 22.0 Å². The highest BCUT2D eigenvalue weighted by Crippen LogP contribution is 2.22. The molecule has 2 amide bonds. The molecule has 1 aliphatic heterocycles.